The summed E-state index contributed by atoms with van der Waals surface area (Å²) in [6.45, 7) is 7.49. The molecule has 0 spiro atoms. The van der Waals surface area contributed by atoms with Gasteiger partial charge in [0, 0.05) is 37.4 Å². The van der Waals surface area contributed by atoms with E-state index in [9.17, 15) is 9.59 Å². The van der Waals surface area contributed by atoms with Crippen LogP contribution in [0.15, 0.2) is 30.6 Å². The van der Waals surface area contributed by atoms with Crippen molar-refractivity contribution in [2.24, 2.45) is 0 Å². The van der Waals surface area contributed by atoms with Gasteiger partial charge in [0.1, 0.15) is 5.69 Å². The van der Waals surface area contributed by atoms with E-state index < -0.39 is 0 Å². The molecule has 0 unspecified atom stereocenters. The first kappa shape index (κ1) is 19.6. The third-order valence-electron chi connectivity index (χ3n) is 5.62. The number of pyridine rings is 1. The monoisotopic (exact) mass is 395 g/mol. The molecule has 2 aromatic heterocycles. The van der Waals surface area contributed by atoms with E-state index in [0.717, 1.165) is 31.4 Å². The summed E-state index contributed by atoms with van der Waals surface area (Å²) in [7, 11) is 0. The highest BCUT2D eigenvalue weighted by molar-refractivity contribution is 5.94. The van der Waals surface area contributed by atoms with E-state index in [4.69, 9.17) is 5.10 Å². The molecule has 1 aliphatic heterocycles. The number of piperidine rings is 1. The van der Waals surface area contributed by atoms with Crippen LogP contribution in [0, 0.1) is 0 Å². The average Bonchev–Trinajstić information content (AvgIpc) is 3.45. The predicted molar refractivity (Wildman–Crippen MR) is 110 cm³/mol. The van der Waals surface area contributed by atoms with Gasteiger partial charge in [-0.2, -0.15) is 5.10 Å². The van der Waals surface area contributed by atoms with Crippen LogP contribution in [-0.4, -0.2) is 50.6 Å². The molecule has 0 bridgehead atoms. The van der Waals surface area contributed by atoms with Crippen LogP contribution in [0.25, 0.3) is 0 Å². The number of nitrogens with zero attached hydrogens (tertiary/aromatic N) is 4. The van der Waals surface area contributed by atoms with E-state index >= 15 is 0 Å². The van der Waals surface area contributed by atoms with Crippen molar-refractivity contribution in [2.45, 2.75) is 64.0 Å². The van der Waals surface area contributed by atoms with Crippen molar-refractivity contribution in [1.29, 1.82) is 0 Å². The maximum atomic E-state index is 13.2. The van der Waals surface area contributed by atoms with Gasteiger partial charge in [0.2, 0.25) is 0 Å². The molecular weight excluding hydrogens is 366 g/mol. The summed E-state index contributed by atoms with van der Waals surface area (Å²) in [4.78, 5) is 31.5. The number of carbonyl (C=O) groups is 2. The molecule has 2 fully saturated rings. The molecule has 7 heteroatoms. The summed E-state index contributed by atoms with van der Waals surface area (Å²) in [5.74, 6) is 0.442. The summed E-state index contributed by atoms with van der Waals surface area (Å²) >= 11 is 0. The molecule has 0 atom stereocenters. The first-order valence-electron chi connectivity index (χ1n) is 10.4. The topological polar surface area (TPSA) is 80.1 Å². The number of aromatic nitrogens is 3. The van der Waals surface area contributed by atoms with Crippen molar-refractivity contribution in [3.8, 4) is 0 Å². The van der Waals surface area contributed by atoms with Crippen LogP contribution in [0.4, 0.5) is 0 Å². The third kappa shape index (κ3) is 4.33. The van der Waals surface area contributed by atoms with Gasteiger partial charge in [0.25, 0.3) is 11.8 Å². The number of amides is 2. The van der Waals surface area contributed by atoms with E-state index in [1.807, 2.05) is 15.6 Å². The molecule has 2 amide bonds. The van der Waals surface area contributed by atoms with Crippen LogP contribution in [0.3, 0.4) is 0 Å². The molecule has 3 heterocycles. The Morgan fingerprint density at radius 1 is 1.14 bits per heavy atom. The zero-order valence-corrected chi connectivity index (χ0v) is 17.4. The third-order valence-corrected chi connectivity index (χ3v) is 5.62. The van der Waals surface area contributed by atoms with Crippen molar-refractivity contribution < 1.29 is 9.59 Å². The Hall–Kier alpha value is -2.70. The van der Waals surface area contributed by atoms with Crippen molar-refractivity contribution >= 4 is 11.8 Å². The maximum Gasteiger partial charge on any atom is 0.272 e. The minimum atomic E-state index is -0.242. The van der Waals surface area contributed by atoms with Gasteiger partial charge in [-0.05, 0) is 64.7 Å². The Kier molecular flexibility index (Phi) is 5.15. The van der Waals surface area contributed by atoms with Crippen LogP contribution in [0.5, 0.6) is 0 Å². The molecule has 7 nitrogen and oxygen atoms in total. The standard InChI is InChI=1S/C22H29N5O2/c1-22(2,3)27-19(13-18(25-27)15-6-7-15)21(29)26-11-8-17(9-12-26)24-20(28)16-5-4-10-23-14-16/h4-5,10,13-15,17H,6-9,11-12H2,1-3H3,(H,24,28). The quantitative estimate of drug-likeness (QED) is 0.863. The van der Waals surface area contributed by atoms with Gasteiger partial charge in [-0.1, -0.05) is 0 Å². The fourth-order valence-electron chi connectivity index (χ4n) is 3.80. The molecule has 1 N–H and O–H groups in total. The average molecular weight is 396 g/mol. The van der Waals surface area contributed by atoms with Crippen LogP contribution in [0.1, 0.15) is 78.9 Å². The highest BCUT2D eigenvalue weighted by Gasteiger charge is 2.33. The van der Waals surface area contributed by atoms with Gasteiger partial charge in [-0.15, -0.1) is 0 Å². The Bertz CT molecular complexity index is 888. The molecule has 0 radical (unpaired) electrons. The molecule has 4 rings (SSSR count). The number of rotatable bonds is 4. The van der Waals surface area contributed by atoms with Gasteiger partial charge < -0.3 is 10.2 Å². The molecule has 2 aromatic rings. The number of likely N-dealkylation sites (tertiary alicyclic amines) is 1. The zero-order valence-electron chi connectivity index (χ0n) is 17.4. The Morgan fingerprint density at radius 2 is 1.86 bits per heavy atom. The van der Waals surface area contributed by atoms with Crippen molar-refractivity contribution in [3.05, 3.63) is 47.5 Å². The molecule has 0 aromatic carbocycles. The van der Waals surface area contributed by atoms with Crippen molar-refractivity contribution in [3.63, 3.8) is 0 Å². The zero-order chi connectivity index (χ0) is 20.6. The SMILES string of the molecule is CC(C)(C)n1nc(C2CC2)cc1C(=O)N1CCC(NC(=O)c2cccnc2)CC1. The lowest BCUT2D eigenvalue weighted by Gasteiger charge is -2.33. The molecular formula is C22H29N5O2. The second-order valence-corrected chi connectivity index (χ2v) is 9.09. The van der Waals surface area contributed by atoms with Crippen LogP contribution >= 0.6 is 0 Å². The van der Waals surface area contributed by atoms with Gasteiger partial charge >= 0.3 is 0 Å². The molecule has 29 heavy (non-hydrogen) atoms. The number of hydrogen-bond acceptors (Lipinski definition) is 4. The summed E-state index contributed by atoms with van der Waals surface area (Å²) in [6, 6.07) is 5.57. The maximum absolute atomic E-state index is 13.2. The van der Waals surface area contributed by atoms with E-state index in [1.54, 1.807) is 24.5 Å². The Balaban J connectivity index is 1.40. The summed E-state index contributed by atoms with van der Waals surface area (Å²) in [5.41, 5.74) is 2.04. The van der Waals surface area contributed by atoms with Crippen LogP contribution in [0.2, 0.25) is 0 Å². The molecule has 2 aliphatic rings. The first-order chi connectivity index (χ1) is 13.8. The lowest BCUT2D eigenvalue weighted by atomic mass is 10.0. The summed E-state index contributed by atoms with van der Waals surface area (Å²) in [5, 5.41) is 7.82. The van der Waals surface area contributed by atoms with Gasteiger partial charge in [0.05, 0.1) is 16.8 Å². The fraction of sp³-hybridized carbons (Fsp3) is 0.545. The fourth-order valence-corrected chi connectivity index (χ4v) is 3.80. The highest BCUT2D eigenvalue weighted by Crippen LogP contribution is 2.40. The van der Waals surface area contributed by atoms with Crippen LogP contribution in [-0.2, 0) is 5.54 Å². The Labute approximate surface area is 171 Å². The second kappa shape index (κ2) is 7.61. The highest BCUT2D eigenvalue weighted by atomic mass is 16.2. The normalized spacial score (nSPS) is 18.0. The number of nitrogens with one attached hydrogen (secondary N) is 1. The lowest BCUT2D eigenvalue weighted by Crippen LogP contribution is -2.47. The van der Waals surface area contributed by atoms with E-state index in [0.29, 0.717) is 30.3 Å². The number of carbonyl (C=O) groups excluding carboxylic acids is 2. The van der Waals surface area contributed by atoms with E-state index in [1.165, 1.54) is 0 Å². The largest absolute Gasteiger partial charge is 0.349 e. The lowest BCUT2D eigenvalue weighted by molar-refractivity contribution is 0.0678. The van der Waals surface area contributed by atoms with Gasteiger partial charge in [-0.3, -0.25) is 19.3 Å². The summed E-state index contributed by atoms with van der Waals surface area (Å²) < 4.78 is 1.89. The molecule has 1 saturated heterocycles. The van der Waals surface area contributed by atoms with E-state index in [2.05, 4.69) is 31.1 Å². The van der Waals surface area contributed by atoms with Gasteiger partial charge in [0.15, 0.2) is 0 Å². The van der Waals surface area contributed by atoms with Crippen LogP contribution < -0.4 is 5.32 Å². The van der Waals surface area contributed by atoms with Gasteiger partial charge in [-0.25, -0.2) is 0 Å². The summed E-state index contributed by atoms with van der Waals surface area (Å²) in [6.07, 6.45) is 7.04. The minimum Gasteiger partial charge on any atom is -0.349 e. The van der Waals surface area contributed by atoms with Crippen molar-refractivity contribution in [1.82, 2.24) is 25.0 Å². The first-order valence-corrected chi connectivity index (χ1v) is 10.4. The smallest absolute Gasteiger partial charge is 0.272 e. The molecule has 1 saturated carbocycles. The Morgan fingerprint density at radius 3 is 2.45 bits per heavy atom. The number of hydrogen-bond donors (Lipinski definition) is 1. The molecule has 154 valence electrons. The predicted octanol–water partition coefficient (Wildman–Crippen LogP) is 2.95. The second-order valence-electron chi connectivity index (χ2n) is 9.09. The van der Waals surface area contributed by atoms with E-state index in [-0.39, 0.29) is 23.4 Å². The molecule has 1 aliphatic carbocycles. The minimum absolute atomic E-state index is 0.0383. The van der Waals surface area contributed by atoms with Crippen molar-refractivity contribution in [2.75, 3.05) is 13.1 Å².